The highest BCUT2D eigenvalue weighted by molar-refractivity contribution is 5.93. The molecule has 1 heterocycles. The molecule has 20 heavy (non-hydrogen) atoms. The molecule has 0 bridgehead atoms. The summed E-state index contributed by atoms with van der Waals surface area (Å²) in [6.45, 7) is 3.46. The quantitative estimate of drug-likeness (QED) is 0.869. The molecule has 4 heteroatoms. The Bertz CT molecular complexity index is 422. The first kappa shape index (κ1) is 15.1. The largest absolute Gasteiger partial charge is 0.395 e. The van der Waals surface area contributed by atoms with Crippen molar-refractivity contribution in [3.63, 3.8) is 0 Å². The molecule has 0 unspecified atom stereocenters. The highest BCUT2D eigenvalue weighted by atomic mass is 16.3. The van der Waals surface area contributed by atoms with Gasteiger partial charge < -0.3 is 14.6 Å². The first-order valence-electron chi connectivity index (χ1n) is 7.85. The van der Waals surface area contributed by atoms with Gasteiger partial charge in [0.05, 0.1) is 6.61 Å². The number of aryl methyl sites for hydroxylation is 1. The standard InChI is InChI=1S/C16H26N2O2/c1-2-10-17-11-6-9-15(17)16(20)18(12-13-19)14-7-4-3-5-8-14/h6,9,11,14,19H,2-5,7-8,10,12-13H2,1H3. The molecule has 0 atom stereocenters. The Morgan fingerprint density at radius 3 is 2.80 bits per heavy atom. The lowest BCUT2D eigenvalue weighted by Gasteiger charge is -2.34. The minimum absolute atomic E-state index is 0.0384. The summed E-state index contributed by atoms with van der Waals surface area (Å²) >= 11 is 0. The fraction of sp³-hybridized carbons (Fsp3) is 0.688. The van der Waals surface area contributed by atoms with Crippen LogP contribution in [0.4, 0.5) is 0 Å². The second-order valence-electron chi connectivity index (χ2n) is 5.60. The van der Waals surface area contributed by atoms with Crippen LogP contribution in [0.5, 0.6) is 0 Å². The van der Waals surface area contributed by atoms with Crippen molar-refractivity contribution in [2.75, 3.05) is 13.2 Å². The molecule has 0 aromatic carbocycles. The zero-order chi connectivity index (χ0) is 14.4. The summed E-state index contributed by atoms with van der Waals surface area (Å²) in [6, 6.07) is 4.12. The second-order valence-corrected chi connectivity index (χ2v) is 5.60. The minimum Gasteiger partial charge on any atom is -0.395 e. The van der Waals surface area contributed by atoms with Gasteiger partial charge in [0.1, 0.15) is 5.69 Å². The SMILES string of the molecule is CCCn1cccc1C(=O)N(CCO)C1CCCCC1. The number of rotatable bonds is 6. The Kier molecular flexibility index (Phi) is 5.65. The van der Waals surface area contributed by atoms with Crippen molar-refractivity contribution in [1.29, 1.82) is 0 Å². The molecule has 1 aromatic heterocycles. The number of hydrogen-bond donors (Lipinski definition) is 1. The molecule has 0 aliphatic heterocycles. The van der Waals surface area contributed by atoms with Crippen molar-refractivity contribution < 1.29 is 9.90 Å². The van der Waals surface area contributed by atoms with E-state index in [0.717, 1.165) is 31.5 Å². The van der Waals surface area contributed by atoms with Crippen LogP contribution in [-0.4, -0.2) is 39.7 Å². The predicted molar refractivity (Wildman–Crippen MR) is 79.7 cm³/mol. The van der Waals surface area contributed by atoms with Crippen molar-refractivity contribution >= 4 is 5.91 Å². The molecule has 1 N–H and O–H groups in total. The average molecular weight is 278 g/mol. The van der Waals surface area contributed by atoms with Gasteiger partial charge in [-0.05, 0) is 31.4 Å². The van der Waals surface area contributed by atoms with Crippen LogP contribution in [-0.2, 0) is 6.54 Å². The highest BCUT2D eigenvalue weighted by Crippen LogP contribution is 2.24. The average Bonchev–Trinajstić information content (AvgIpc) is 2.94. The van der Waals surface area contributed by atoms with Gasteiger partial charge >= 0.3 is 0 Å². The van der Waals surface area contributed by atoms with Crippen LogP contribution in [0.25, 0.3) is 0 Å². The molecule has 2 rings (SSSR count). The summed E-state index contributed by atoms with van der Waals surface area (Å²) in [5.74, 6) is 0.0735. The summed E-state index contributed by atoms with van der Waals surface area (Å²) in [6.07, 6.45) is 8.77. The van der Waals surface area contributed by atoms with Crippen LogP contribution in [0.2, 0.25) is 0 Å². The number of aliphatic hydroxyl groups excluding tert-OH is 1. The first-order chi connectivity index (χ1) is 9.77. The number of amides is 1. The lowest BCUT2D eigenvalue weighted by atomic mass is 9.94. The molecule has 1 aromatic rings. The van der Waals surface area contributed by atoms with E-state index in [4.69, 9.17) is 0 Å². The first-order valence-corrected chi connectivity index (χ1v) is 7.85. The fourth-order valence-electron chi connectivity index (χ4n) is 3.14. The van der Waals surface area contributed by atoms with E-state index in [-0.39, 0.29) is 12.5 Å². The lowest BCUT2D eigenvalue weighted by Crippen LogP contribution is -2.43. The van der Waals surface area contributed by atoms with Gasteiger partial charge in [-0.2, -0.15) is 0 Å². The van der Waals surface area contributed by atoms with Gasteiger partial charge in [-0.25, -0.2) is 0 Å². The molecular formula is C16H26N2O2. The Morgan fingerprint density at radius 1 is 1.40 bits per heavy atom. The van der Waals surface area contributed by atoms with E-state index < -0.39 is 0 Å². The Balaban J connectivity index is 2.14. The third-order valence-corrected chi connectivity index (χ3v) is 4.13. The molecule has 1 aliphatic carbocycles. The van der Waals surface area contributed by atoms with Crippen LogP contribution in [0.3, 0.4) is 0 Å². The van der Waals surface area contributed by atoms with Crippen LogP contribution >= 0.6 is 0 Å². The molecule has 0 radical (unpaired) electrons. The van der Waals surface area contributed by atoms with Crippen molar-refractivity contribution in [1.82, 2.24) is 9.47 Å². The number of nitrogens with zero attached hydrogens (tertiary/aromatic N) is 2. The van der Waals surface area contributed by atoms with Gasteiger partial charge in [-0.1, -0.05) is 26.2 Å². The summed E-state index contributed by atoms with van der Waals surface area (Å²) in [4.78, 5) is 14.7. The van der Waals surface area contributed by atoms with Gasteiger partial charge in [0, 0.05) is 25.3 Å². The Hall–Kier alpha value is -1.29. The van der Waals surface area contributed by atoms with Crippen LogP contribution in [0.1, 0.15) is 55.9 Å². The smallest absolute Gasteiger partial charge is 0.270 e. The molecule has 1 saturated carbocycles. The Labute approximate surface area is 121 Å². The molecule has 0 spiro atoms. The maximum absolute atomic E-state index is 12.8. The number of carbonyl (C=O) groups is 1. The molecule has 1 aliphatic rings. The van der Waals surface area contributed by atoms with Gasteiger partial charge in [0.2, 0.25) is 0 Å². The van der Waals surface area contributed by atoms with Gasteiger partial charge in [-0.3, -0.25) is 4.79 Å². The summed E-state index contributed by atoms with van der Waals surface area (Å²) in [5, 5.41) is 9.29. The van der Waals surface area contributed by atoms with E-state index in [2.05, 4.69) is 6.92 Å². The van der Waals surface area contributed by atoms with Crippen LogP contribution in [0.15, 0.2) is 18.3 Å². The zero-order valence-corrected chi connectivity index (χ0v) is 12.4. The maximum Gasteiger partial charge on any atom is 0.270 e. The third kappa shape index (κ3) is 3.42. The molecular weight excluding hydrogens is 252 g/mol. The van der Waals surface area contributed by atoms with Crippen LogP contribution < -0.4 is 0 Å². The monoisotopic (exact) mass is 278 g/mol. The number of aromatic nitrogens is 1. The number of aliphatic hydroxyl groups is 1. The number of hydrogen-bond acceptors (Lipinski definition) is 2. The molecule has 112 valence electrons. The summed E-state index contributed by atoms with van der Waals surface area (Å²) in [7, 11) is 0. The van der Waals surface area contributed by atoms with E-state index in [1.165, 1.54) is 19.3 Å². The van der Waals surface area contributed by atoms with Crippen LogP contribution in [0, 0.1) is 0 Å². The molecule has 1 amide bonds. The van der Waals surface area contributed by atoms with Crippen molar-refractivity contribution in [2.24, 2.45) is 0 Å². The lowest BCUT2D eigenvalue weighted by molar-refractivity contribution is 0.0574. The summed E-state index contributed by atoms with van der Waals surface area (Å²) < 4.78 is 2.02. The second kappa shape index (κ2) is 7.48. The van der Waals surface area contributed by atoms with Crippen molar-refractivity contribution in [2.45, 2.75) is 58.0 Å². The van der Waals surface area contributed by atoms with Gasteiger partial charge in [0.25, 0.3) is 5.91 Å². The van der Waals surface area contributed by atoms with Gasteiger partial charge in [-0.15, -0.1) is 0 Å². The Morgan fingerprint density at radius 2 is 2.15 bits per heavy atom. The number of carbonyl (C=O) groups excluding carboxylic acids is 1. The zero-order valence-electron chi connectivity index (χ0n) is 12.4. The van der Waals surface area contributed by atoms with Crippen molar-refractivity contribution in [3.8, 4) is 0 Å². The van der Waals surface area contributed by atoms with E-state index in [9.17, 15) is 9.90 Å². The summed E-state index contributed by atoms with van der Waals surface area (Å²) in [5.41, 5.74) is 0.755. The van der Waals surface area contributed by atoms with E-state index in [1.807, 2.05) is 27.8 Å². The molecule has 4 nitrogen and oxygen atoms in total. The molecule has 0 saturated heterocycles. The highest BCUT2D eigenvalue weighted by Gasteiger charge is 2.27. The van der Waals surface area contributed by atoms with E-state index >= 15 is 0 Å². The fourth-order valence-corrected chi connectivity index (χ4v) is 3.14. The van der Waals surface area contributed by atoms with E-state index in [0.29, 0.717) is 12.6 Å². The maximum atomic E-state index is 12.8. The topological polar surface area (TPSA) is 45.5 Å². The van der Waals surface area contributed by atoms with Crippen molar-refractivity contribution in [3.05, 3.63) is 24.0 Å². The van der Waals surface area contributed by atoms with Gasteiger partial charge in [0.15, 0.2) is 0 Å². The predicted octanol–water partition coefficient (Wildman–Crippen LogP) is 2.67. The minimum atomic E-state index is 0.0384. The van der Waals surface area contributed by atoms with E-state index in [1.54, 1.807) is 0 Å². The normalized spacial score (nSPS) is 16.3. The molecule has 1 fully saturated rings. The third-order valence-electron chi connectivity index (χ3n) is 4.13.